The van der Waals surface area contributed by atoms with E-state index in [4.69, 9.17) is 10.5 Å². The first-order valence-electron chi connectivity index (χ1n) is 15.3. The molecule has 8 nitrogen and oxygen atoms in total. The third kappa shape index (κ3) is 6.61. The number of likely N-dealkylation sites (tertiary alicyclic amines) is 1. The fourth-order valence-corrected chi connectivity index (χ4v) is 10.7. The van der Waals surface area contributed by atoms with Crippen LogP contribution in [-0.4, -0.2) is 57.7 Å². The van der Waals surface area contributed by atoms with Crippen LogP contribution in [0.25, 0.3) is 0 Å². The molecule has 240 valence electrons. The van der Waals surface area contributed by atoms with Gasteiger partial charge in [-0.05, 0) is 28.4 Å². The van der Waals surface area contributed by atoms with E-state index in [1.807, 2.05) is 91.0 Å². The molecule has 0 bridgehead atoms. The number of nitrogens with two attached hydrogens (primary N) is 1. The number of benzene rings is 4. The molecule has 9 heteroatoms. The maximum Gasteiger partial charge on any atom is 0.356 e. The summed E-state index contributed by atoms with van der Waals surface area (Å²) >= 11 is 0. The monoisotopic (exact) mass is 648 g/mol. The number of carbonyl (C=O) groups excluding carboxylic acids is 4. The van der Waals surface area contributed by atoms with Crippen LogP contribution in [0, 0.1) is 5.92 Å². The summed E-state index contributed by atoms with van der Waals surface area (Å²) in [6.07, 6.45) is 0.257. The topological polar surface area (TPSA) is 127 Å². The van der Waals surface area contributed by atoms with E-state index >= 15 is 0 Å². The third-order valence-corrected chi connectivity index (χ3v) is 12.6. The summed E-state index contributed by atoms with van der Waals surface area (Å²) < 4.78 is 5.76. The molecule has 47 heavy (non-hydrogen) atoms. The number of hydrogen-bond donors (Lipinski definition) is 2. The molecule has 4 aromatic rings. The van der Waals surface area contributed by atoms with Gasteiger partial charge in [-0.3, -0.25) is 14.4 Å². The number of nitrogens with zero attached hydrogens (tertiary/aromatic N) is 1. The summed E-state index contributed by atoms with van der Waals surface area (Å²) in [5, 5.41) is 13.3. The molecule has 1 aliphatic rings. The van der Waals surface area contributed by atoms with Crippen molar-refractivity contribution in [3.63, 3.8) is 0 Å². The number of rotatable bonds is 13. The number of β-lactam (4-membered cyclic amide) rings is 1. The van der Waals surface area contributed by atoms with Gasteiger partial charge < -0.3 is 20.5 Å². The predicted molar refractivity (Wildman–Crippen MR) is 185 cm³/mol. The second-order valence-corrected chi connectivity index (χ2v) is 14.7. The zero-order valence-corrected chi connectivity index (χ0v) is 27.0. The van der Waals surface area contributed by atoms with Crippen LogP contribution >= 0.6 is 6.89 Å². The number of aliphatic hydroxyl groups excluding tert-OH is 1. The van der Waals surface area contributed by atoms with E-state index in [1.54, 1.807) is 24.3 Å². The van der Waals surface area contributed by atoms with Crippen molar-refractivity contribution in [3.8, 4) is 0 Å². The Morgan fingerprint density at radius 3 is 1.79 bits per heavy atom. The Balaban J connectivity index is 1.78. The quantitative estimate of drug-likeness (QED) is 0.0753. The van der Waals surface area contributed by atoms with Gasteiger partial charge in [-0.2, -0.15) is 0 Å². The average molecular weight is 649 g/mol. The first-order chi connectivity index (χ1) is 22.7. The summed E-state index contributed by atoms with van der Waals surface area (Å²) in [6.45, 7) is 1.95. The normalized spacial score (nSPS) is 16.5. The summed E-state index contributed by atoms with van der Waals surface area (Å²) in [7, 11) is 0. The number of primary amides is 1. The number of aliphatic hydroxyl groups is 1. The molecule has 0 spiro atoms. The van der Waals surface area contributed by atoms with Gasteiger partial charge in [0.15, 0.2) is 5.78 Å². The molecule has 1 saturated heterocycles. The van der Waals surface area contributed by atoms with Crippen molar-refractivity contribution >= 4 is 51.8 Å². The summed E-state index contributed by atoms with van der Waals surface area (Å²) in [5.41, 5.74) is 6.48. The van der Waals surface area contributed by atoms with Crippen LogP contribution in [0.2, 0.25) is 0 Å². The number of hydrogen-bond acceptors (Lipinski definition) is 6. The van der Waals surface area contributed by atoms with Crippen molar-refractivity contribution in [3.05, 3.63) is 139 Å². The first kappa shape index (κ1) is 33.3. The van der Waals surface area contributed by atoms with Gasteiger partial charge in [0.1, 0.15) is 12.0 Å². The molecule has 1 fully saturated rings. The van der Waals surface area contributed by atoms with E-state index in [9.17, 15) is 24.3 Å². The van der Waals surface area contributed by atoms with Crippen molar-refractivity contribution in [2.45, 2.75) is 31.9 Å². The minimum Gasteiger partial charge on any atom is -0.457 e. The van der Waals surface area contributed by atoms with Gasteiger partial charge in [-0.1, -0.05) is 128 Å². The lowest BCUT2D eigenvalue weighted by molar-refractivity contribution is -0.157. The highest BCUT2D eigenvalue weighted by Gasteiger charge is 2.55. The van der Waals surface area contributed by atoms with Crippen LogP contribution in [0.1, 0.15) is 29.3 Å². The fourth-order valence-electron chi connectivity index (χ4n) is 6.26. The smallest absolute Gasteiger partial charge is 0.356 e. The molecular weight excluding hydrogens is 611 g/mol. The van der Waals surface area contributed by atoms with E-state index in [1.165, 1.54) is 17.9 Å². The lowest BCUT2D eigenvalue weighted by atomic mass is 9.79. The van der Waals surface area contributed by atoms with Crippen molar-refractivity contribution in [1.82, 2.24) is 4.90 Å². The molecule has 0 aliphatic carbocycles. The lowest BCUT2D eigenvalue weighted by Gasteiger charge is -2.50. The first-order valence-corrected chi connectivity index (χ1v) is 17.1. The van der Waals surface area contributed by atoms with Gasteiger partial charge in [0, 0.05) is 18.9 Å². The number of ether oxygens (including phenoxy) is 1. The second-order valence-electron chi connectivity index (χ2n) is 11.4. The predicted octanol–water partition coefficient (Wildman–Crippen LogP) is 3.35. The molecule has 1 heterocycles. The number of esters is 1. The molecule has 1 unspecified atom stereocenters. The summed E-state index contributed by atoms with van der Waals surface area (Å²) in [4.78, 5) is 55.3. The fraction of sp³-hybridized carbons (Fsp3) is 0.184. The number of carbonyl (C=O) groups is 4. The van der Waals surface area contributed by atoms with Crippen LogP contribution in [-0.2, 0) is 25.5 Å². The zero-order chi connectivity index (χ0) is 33.6. The minimum absolute atomic E-state index is 0.0405. The Kier molecular flexibility index (Phi) is 10.3. The van der Waals surface area contributed by atoms with Gasteiger partial charge in [-0.15, -0.1) is 0 Å². The summed E-state index contributed by atoms with van der Waals surface area (Å²) in [6, 6.07) is 34.4. The third-order valence-electron chi connectivity index (χ3n) is 8.33. The molecule has 0 aromatic heterocycles. The molecule has 2 amide bonds. The van der Waals surface area contributed by atoms with Crippen molar-refractivity contribution in [1.29, 1.82) is 0 Å². The largest absolute Gasteiger partial charge is 0.457 e. The van der Waals surface area contributed by atoms with Gasteiger partial charge in [0.2, 0.25) is 11.8 Å². The molecular formula is C38H37N2O6P. The number of ketones is 1. The molecule has 3 N–H and O–H groups in total. The van der Waals surface area contributed by atoms with E-state index in [-0.39, 0.29) is 30.6 Å². The Labute approximate surface area is 274 Å². The van der Waals surface area contributed by atoms with E-state index in [2.05, 4.69) is 6.58 Å². The van der Waals surface area contributed by atoms with Crippen molar-refractivity contribution < 1.29 is 29.0 Å². The Morgan fingerprint density at radius 1 is 0.872 bits per heavy atom. The zero-order valence-electron chi connectivity index (χ0n) is 26.1. The van der Waals surface area contributed by atoms with Gasteiger partial charge >= 0.3 is 5.97 Å². The number of Topliss-reactive ketones (excluding diaryl/α,β-unsaturated/α-hetero) is 1. The van der Waals surface area contributed by atoms with Gasteiger partial charge in [0.25, 0.3) is 0 Å². The van der Waals surface area contributed by atoms with E-state index in [0.29, 0.717) is 11.1 Å². The maximum atomic E-state index is 14.5. The minimum atomic E-state index is -3.17. The highest BCUT2D eigenvalue weighted by Crippen LogP contribution is 2.50. The van der Waals surface area contributed by atoms with E-state index < -0.39 is 42.7 Å². The van der Waals surface area contributed by atoms with Gasteiger partial charge in [-0.25, -0.2) is 4.79 Å². The van der Waals surface area contributed by atoms with Crippen LogP contribution in [0.3, 0.4) is 0 Å². The molecule has 3 atom stereocenters. The average Bonchev–Trinajstić information content (AvgIpc) is 3.08. The molecule has 0 saturated carbocycles. The Bertz CT molecular complexity index is 1720. The standard InChI is InChI=1S/C38H37N2O6P/c1-3-23-46-38(45)37(47(29-13-7-4-8-14-29,30-15-9-5-10-16-30)31-17-11-6-12-18-31)40-32(35(26(2)41)36(40)44)25-33(42)28-21-19-27(20-22-28)24-34(39)43/h3-22,26,32,35,41H,1,23-25H2,2H3,(H2,39,43)/t26-,32?,35-/m1/s1. The van der Waals surface area contributed by atoms with E-state index in [0.717, 1.165) is 15.9 Å². The second kappa shape index (κ2) is 14.6. The lowest BCUT2D eigenvalue weighted by Crippen LogP contribution is -2.68. The van der Waals surface area contributed by atoms with Crippen molar-refractivity contribution in [2.24, 2.45) is 11.7 Å². The van der Waals surface area contributed by atoms with Crippen LogP contribution in [0.15, 0.2) is 128 Å². The molecule has 0 radical (unpaired) electrons. The Morgan fingerprint density at radius 2 is 1.36 bits per heavy atom. The SMILES string of the molecule is C=CCOC(=O)C(N1C(=O)[C@H]([C@@H](C)O)C1CC(=O)c1ccc(CC(N)=O)cc1)=P(c1ccccc1)(c1ccccc1)c1ccccc1. The molecule has 5 rings (SSSR count). The van der Waals surface area contributed by atoms with Gasteiger partial charge in [0.05, 0.1) is 24.5 Å². The molecule has 4 aromatic carbocycles. The highest BCUT2D eigenvalue weighted by atomic mass is 31.2. The van der Waals surface area contributed by atoms with Crippen LogP contribution in [0.4, 0.5) is 0 Å². The van der Waals surface area contributed by atoms with Crippen LogP contribution in [0.5, 0.6) is 0 Å². The number of amides is 2. The van der Waals surface area contributed by atoms with Crippen molar-refractivity contribution in [2.75, 3.05) is 6.61 Å². The molecule has 1 aliphatic heterocycles. The maximum absolute atomic E-state index is 14.5. The highest BCUT2D eigenvalue weighted by molar-refractivity contribution is 7.96. The van der Waals surface area contributed by atoms with Crippen LogP contribution < -0.4 is 21.6 Å². The Hall–Kier alpha value is -5.04. The summed E-state index contributed by atoms with van der Waals surface area (Å²) in [5.74, 6) is -2.88.